The first-order valence-corrected chi connectivity index (χ1v) is 11.0. The Hall–Kier alpha value is -3.20. The summed E-state index contributed by atoms with van der Waals surface area (Å²) in [6.45, 7) is 2.24. The molecule has 0 spiro atoms. The summed E-state index contributed by atoms with van der Waals surface area (Å²) in [5.41, 5.74) is 4.22. The maximum Gasteiger partial charge on any atom is 0.490 e. The summed E-state index contributed by atoms with van der Waals surface area (Å²) in [5, 5.41) is 10.0. The molecular weight excluding hydrogens is 452 g/mol. The van der Waals surface area contributed by atoms with Crippen LogP contribution in [0.25, 0.3) is 6.08 Å². The summed E-state index contributed by atoms with van der Waals surface area (Å²) >= 11 is 0. The van der Waals surface area contributed by atoms with E-state index < -0.39 is 12.1 Å². The van der Waals surface area contributed by atoms with Gasteiger partial charge in [0.2, 0.25) is 5.91 Å². The molecule has 2 aromatic rings. The van der Waals surface area contributed by atoms with Gasteiger partial charge in [-0.25, -0.2) is 9.18 Å². The van der Waals surface area contributed by atoms with Gasteiger partial charge in [-0.2, -0.15) is 13.2 Å². The molecule has 0 aromatic heterocycles. The number of carbonyl (C=O) groups excluding carboxylic acids is 1. The van der Waals surface area contributed by atoms with Gasteiger partial charge < -0.3 is 10.4 Å². The summed E-state index contributed by atoms with van der Waals surface area (Å²) in [4.78, 5) is 23.7. The number of carboxylic acid groups (broad SMARTS) is 1. The molecule has 34 heavy (non-hydrogen) atoms. The number of nitrogens with zero attached hydrogens (tertiary/aromatic N) is 1. The number of benzene rings is 2. The van der Waals surface area contributed by atoms with Gasteiger partial charge in [0.15, 0.2) is 0 Å². The fourth-order valence-electron chi connectivity index (χ4n) is 3.90. The highest BCUT2D eigenvalue weighted by Gasteiger charge is 2.38. The fraction of sp³-hybridized carbons (Fsp3) is 0.360. The van der Waals surface area contributed by atoms with Crippen LogP contribution in [0, 0.1) is 5.82 Å². The first kappa shape index (κ1) is 25.4. The van der Waals surface area contributed by atoms with Gasteiger partial charge in [-0.1, -0.05) is 24.6 Å². The average molecular weight is 478 g/mol. The number of halogens is 4. The van der Waals surface area contributed by atoms with E-state index in [9.17, 15) is 22.4 Å². The molecule has 0 saturated heterocycles. The summed E-state index contributed by atoms with van der Waals surface area (Å²) in [6.07, 6.45) is 4.16. The third-order valence-electron chi connectivity index (χ3n) is 5.92. The summed E-state index contributed by atoms with van der Waals surface area (Å²) in [5.74, 6) is -3.27. The Balaban J connectivity index is 0.000000406. The van der Waals surface area contributed by atoms with E-state index >= 15 is 0 Å². The lowest BCUT2D eigenvalue weighted by atomic mass is 9.91. The number of carboxylic acids is 1. The predicted octanol–water partition coefficient (Wildman–Crippen LogP) is 5.06. The highest BCUT2D eigenvalue weighted by molar-refractivity contribution is 6.02. The fourth-order valence-corrected chi connectivity index (χ4v) is 3.90. The molecule has 9 heteroatoms. The molecule has 2 aliphatic rings. The van der Waals surface area contributed by atoms with E-state index in [1.54, 1.807) is 18.2 Å². The highest BCUT2D eigenvalue weighted by atomic mass is 19.4. The van der Waals surface area contributed by atoms with Gasteiger partial charge in [-0.05, 0) is 72.7 Å². The molecule has 2 N–H and O–H groups in total. The van der Waals surface area contributed by atoms with Crippen molar-refractivity contribution in [2.75, 3.05) is 18.4 Å². The van der Waals surface area contributed by atoms with Crippen LogP contribution in [0.5, 0.6) is 0 Å². The van der Waals surface area contributed by atoms with E-state index in [1.807, 2.05) is 6.07 Å². The zero-order valence-corrected chi connectivity index (χ0v) is 18.4. The van der Waals surface area contributed by atoms with Gasteiger partial charge in [0, 0.05) is 30.9 Å². The molecule has 1 heterocycles. The zero-order chi connectivity index (χ0) is 24.7. The Morgan fingerprint density at radius 3 is 2.29 bits per heavy atom. The van der Waals surface area contributed by atoms with Gasteiger partial charge >= 0.3 is 12.1 Å². The maximum atomic E-state index is 13.2. The van der Waals surface area contributed by atoms with Crippen molar-refractivity contribution >= 4 is 23.6 Å². The van der Waals surface area contributed by atoms with Crippen LogP contribution in [0.2, 0.25) is 0 Å². The summed E-state index contributed by atoms with van der Waals surface area (Å²) in [6, 6.07) is 13.2. The van der Waals surface area contributed by atoms with Gasteiger partial charge in [0.25, 0.3) is 0 Å². The third-order valence-corrected chi connectivity index (χ3v) is 5.92. The first-order valence-electron chi connectivity index (χ1n) is 11.0. The van der Waals surface area contributed by atoms with Crippen molar-refractivity contribution in [3.8, 4) is 0 Å². The van der Waals surface area contributed by atoms with Crippen LogP contribution in [0.1, 0.15) is 36.0 Å². The minimum atomic E-state index is -5.08. The molecule has 0 atom stereocenters. The number of hydrogen-bond acceptors (Lipinski definition) is 3. The molecule has 0 bridgehead atoms. The Labute approximate surface area is 195 Å². The third kappa shape index (κ3) is 7.41. The van der Waals surface area contributed by atoms with Crippen molar-refractivity contribution < 1.29 is 32.3 Å². The molecular formula is C25H26F4N2O3. The Morgan fingerprint density at radius 1 is 1.03 bits per heavy atom. The second-order valence-electron chi connectivity index (χ2n) is 8.28. The van der Waals surface area contributed by atoms with Crippen LogP contribution >= 0.6 is 0 Å². The standard InChI is InChI=1S/C23H25FN2O.C2HF3O2/c24-20-4-1-3-17(15-20)7-10-23(27)25-21-9-8-18-11-13-26(22-5-2-6-22)14-12-19(18)16-21;3-2(4,5)1(6)7/h1,3-4,7-10,15-16,22H,2,5-6,11-14H2,(H,25,27);(H,6,7). The van der Waals surface area contributed by atoms with Crippen LogP contribution in [0.4, 0.5) is 23.2 Å². The molecule has 1 amide bonds. The maximum absolute atomic E-state index is 13.2. The normalized spacial score (nSPS) is 16.6. The monoisotopic (exact) mass is 478 g/mol. The van der Waals surface area contributed by atoms with E-state index in [0.717, 1.165) is 37.7 Å². The Bertz CT molecular complexity index is 1050. The molecule has 1 saturated carbocycles. The molecule has 182 valence electrons. The van der Waals surface area contributed by atoms with Gasteiger partial charge in [0.05, 0.1) is 0 Å². The SMILES string of the molecule is O=C(C=Cc1cccc(F)c1)Nc1ccc2c(c1)CCN(C1CCC1)CC2.O=C(O)C(F)(F)F. The van der Waals surface area contributed by atoms with Crippen LogP contribution in [-0.2, 0) is 22.4 Å². The minimum Gasteiger partial charge on any atom is -0.475 e. The van der Waals surface area contributed by atoms with Crippen molar-refractivity contribution in [1.82, 2.24) is 4.90 Å². The number of carbonyl (C=O) groups is 2. The van der Waals surface area contributed by atoms with E-state index in [4.69, 9.17) is 9.90 Å². The number of hydrogen-bond donors (Lipinski definition) is 2. The highest BCUT2D eigenvalue weighted by Crippen LogP contribution is 2.28. The molecule has 0 radical (unpaired) electrons. The Kier molecular flexibility index (Phi) is 8.44. The van der Waals surface area contributed by atoms with E-state index in [-0.39, 0.29) is 11.7 Å². The van der Waals surface area contributed by atoms with Crippen LogP contribution in [-0.4, -0.2) is 47.2 Å². The topological polar surface area (TPSA) is 69.6 Å². The van der Waals surface area contributed by atoms with Crippen LogP contribution < -0.4 is 5.32 Å². The number of amides is 1. The molecule has 0 unspecified atom stereocenters. The van der Waals surface area contributed by atoms with Gasteiger partial charge in [0.1, 0.15) is 5.82 Å². The predicted molar refractivity (Wildman–Crippen MR) is 121 cm³/mol. The lowest BCUT2D eigenvalue weighted by Gasteiger charge is -2.36. The van der Waals surface area contributed by atoms with Crippen molar-refractivity contribution in [2.45, 2.75) is 44.3 Å². The lowest BCUT2D eigenvalue weighted by Crippen LogP contribution is -2.41. The van der Waals surface area contributed by atoms with Crippen molar-refractivity contribution in [2.24, 2.45) is 0 Å². The van der Waals surface area contributed by atoms with Crippen molar-refractivity contribution in [1.29, 1.82) is 0 Å². The molecule has 1 aliphatic heterocycles. The molecule has 2 aromatic carbocycles. The number of anilines is 1. The summed E-state index contributed by atoms with van der Waals surface area (Å²) in [7, 11) is 0. The average Bonchev–Trinajstić information content (AvgIpc) is 2.93. The van der Waals surface area contributed by atoms with E-state index in [1.165, 1.54) is 48.6 Å². The number of nitrogens with one attached hydrogen (secondary N) is 1. The number of aliphatic carboxylic acids is 1. The Morgan fingerprint density at radius 2 is 1.71 bits per heavy atom. The van der Waals surface area contributed by atoms with Gasteiger partial charge in [-0.15, -0.1) is 0 Å². The quantitative estimate of drug-likeness (QED) is 0.476. The number of alkyl halides is 3. The molecule has 5 nitrogen and oxygen atoms in total. The van der Waals surface area contributed by atoms with Gasteiger partial charge in [-0.3, -0.25) is 9.69 Å². The zero-order valence-electron chi connectivity index (χ0n) is 18.4. The molecule has 1 aliphatic carbocycles. The van der Waals surface area contributed by atoms with Crippen LogP contribution in [0.3, 0.4) is 0 Å². The number of rotatable bonds is 4. The largest absolute Gasteiger partial charge is 0.490 e. The smallest absolute Gasteiger partial charge is 0.475 e. The lowest BCUT2D eigenvalue weighted by molar-refractivity contribution is -0.192. The molecule has 4 rings (SSSR count). The van der Waals surface area contributed by atoms with E-state index in [2.05, 4.69) is 22.3 Å². The number of fused-ring (bicyclic) bond motifs is 1. The molecule has 1 fully saturated rings. The van der Waals surface area contributed by atoms with E-state index in [0.29, 0.717) is 5.56 Å². The minimum absolute atomic E-state index is 0.205. The first-order chi connectivity index (χ1) is 16.1. The second-order valence-corrected chi connectivity index (χ2v) is 8.28. The second kappa shape index (κ2) is 11.3. The summed E-state index contributed by atoms with van der Waals surface area (Å²) < 4.78 is 44.9. The van der Waals surface area contributed by atoms with Crippen molar-refractivity contribution in [3.63, 3.8) is 0 Å². The van der Waals surface area contributed by atoms with Crippen LogP contribution in [0.15, 0.2) is 48.5 Å². The van der Waals surface area contributed by atoms with Crippen molar-refractivity contribution in [3.05, 3.63) is 71.0 Å².